The molecule has 2 rings (SSSR count). The molecule has 104 valence electrons. The lowest BCUT2D eigenvalue weighted by atomic mass is 10.1. The fourth-order valence-electron chi connectivity index (χ4n) is 1.82. The molecule has 5 heteroatoms. The second kappa shape index (κ2) is 6.52. The van der Waals surface area contributed by atoms with Crippen LogP contribution in [0.4, 0.5) is 10.1 Å². The van der Waals surface area contributed by atoms with Crippen LogP contribution in [0.5, 0.6) is 0 Å². The van der Waals surface area contributed by atoms with E-state index in [0.29, 0.717) is 6.54 Å². The van der Waals surface area contributed by atoms with Crippen LogP contribution >= 0.6 is 15.9 Å². The van der Waals surface area contributed by atoms with Crippen molar-refractivity contribution < 1.29 is 9.18 Å². The van der Waals surface area contributed by atoms with Crippen LogP contribution in [0, 0.1) is 5.82 Å². The number of nitrogens with two attached hydrogens (primary N) is 1. The van der Waals surface area contributed by atoms with Crippen molar-refractivity contribution in [3.63, 3.8) is 0 Å². The topological polar surface area (TPSA) is 55.1 Å². The van der Waals surface area contributed by atoms with Gasteiger partial charge < -0.3 is 11.1 Å². The van der Waals surface area contributed by atoms with Crippen molar-refractivity contribution in [2.75, 3.05) is 5.32 Å². The summed E-state index contributed by atoms with van der Waals surface area (Å²) in [6, 6.07) is 12.0. The molecular weight excluding hydrogens is 323 g/mol. The molecule has 0 radical (unpaired) electrons. The molecule has 0 bridgehead atoms. The molecule has 0 aliphatic rings. The molecular formula is C15H14BrFN2O. The summed E-state index contributed by atoms with van der Waals surface area (Å²) in [5, 5.41) is 3.20. The normalized spacial score (nSPS) is 10.3. The van der Waals surface area contributed by atoms with Crippen LogP contribution in [0.25, 0.3) is 0 Å². The molecule has 0 aliphatic carbocycles. The summed E-state index contributed by atoms with van der Waals surface area (Å²) in [6.07, 6.45) is 0.232. The second-order valence-electron chi connectivity index (χ2n) is 4.43. The minimum atomic E-state index is -0.352. The van der Waals surface area contributed by atoms with Gasteiger partial charge in [0, 0.05) is 16.7 Å². The van der Waals surface area contributed by atoms with Crippen molar-refractivity contribution in [1.29, 1.82) is 0 Å². The Hall–Kier alpha value is -1.88. The van der Waals surface area contributed by atoms with E-state index in [1.54, 1.807) is 6.07 Å². The van der Waals surface area contributed by atoms with E-state index in [2.05, 4.69) is 21.2 Å². The van der Waals surface area contributed by atoms with Crippen LogP contribution in [-0.2, 0) is 17.8 Å². The summed E-state index contributed by atoms with van der Waals surface area (Å²) in [5.74, 6) is -0.615. The third kappa shape index (κ3) is 4.06. The first-order valence-electron chi connectivity index (χ1n) is 6.09. The number of hydrogen-bond acceptors (Lipinski definition) is 2. The maximum atomic E-state index is 13.2. The number of rotatable bonds is 5. The van der Waals surface area contributed by atoms with E-state index in [9.17, 15) is 9.18 Å². The monoisotopic (exact) mass is 336 g/mol. The number of primary amides is 1. The van der Waals surface area contributed by atoms with E-state index in [-0.39, 0.29) is 18.1 Å². The molecule has 0 heterocycles. The number of hydrogen-bond donors (Lipinski definition) is 2. The Kier molecular flexibility index (Phi) is 4.74. The Balaban J connectivity index is 2.00. The van der Waals surface area contributed by atoms with Gasteiger partial charge in [0.1, 0.15) is 5.82 Å². The van der Waals surface area contributed by atoms with E-state index in [1.807, 2.05) is 24.3 Å². The zero-order valence-corrected chi connectivity index (χ0v) is 12.3. The van der Waals surface area contributed by atoms with Gasteiger partial charge in [-0.2, -0.15) is 0 Å². The lowest BCUT2D eigenvalue weighted by Crippen LogP contribution is -2.13. The Morgan fingerprint density at radius 1 is 1.20 bits per heavy atom. The molecule has 0 spiro atoms. The van der Waals surface area contributed by atoms with Gasteiger partial charge in [0.2, 0.25) is 5.91 Å². The second-order valence-corrected chi connectivity index (χ2v) is 5.28. The van der Waals surface area contributed by atoms with Gasteiger partial charge in [-0.1, -0.05) is 28.1 Å². The van der Waals surface area contributed by atoms with E-state index >= 15 is 0 Å². The first-order valence-corrected chi connectivity index (χ1v) is 6.89. The smallest absolute Gasteiger partial charge is 0.221 e. The number of carbonyl (C=O) groups excluding carboxylic acids is 1. The molecule has 0 saturated carbocycles. The fourth-order valence-corrected chi connectivity index (χ4v) is 2.20. The number of halogens is 2. The van der Waals surface area contributed by atoms with Gasteiger partial charge >= 0.3 is 0 Å². The number of nitrogens with one attached hydrogen (secondary N) is 1. The Bertz CT molecular complexity index is 614. The zero-order chi connectivity index (χ0) is 14.5. The van der Waals surface area contributed by atoms with Crippen LogP contribution in [0.3, 0.4) is 0 Å². The van der Waals surface area contributed by atoms with Crippen molar-refractivity contribution in [3.05, 3.63) is 63.9 Å². The first-order chi connectivity index (χ1) is 9.54. The number of anilines is 1. The van der Waals surface area contributed by atoms with Gasteiger partial charge in [-0.3, -0.25) is 4.79 Å². The maximum Gasteiger partial charge on any atom is 0.221 e. The van der Waals surface area contributed by atoms with Crippen LogP contribution in [0.15, 0.2) is 46.9 Å². The lowest BCUT2D eigenvalue weighted by molar-refractivity contribution is -0.117. The van der Waals surface area contributed by atoms with Gasteiger partial charge in [-0.25, -0.2) is 4.39 Å². The fraction of sp³-hybridized carbons (Fsp3) is 0.133. The maximum absolute atomic E-state index is 13.2. The first kappa shape index (κ1) is 14.5. The van der Waals surface area contributed by atoms with Crippen molar-refractivity contribution in [2.45, 2.75) is 13.0 Å². The van der Waals surface area contributed by atoms with Crippen LogP contribution in [0.2, 0.25) is 0 Å². The minimum absolute atomic E-state index is 0.232. The predicted octanol–water partition coefficient (Wildman–Crippen LogP) is 3.23. The van der Waals surface area contributed by atoms with Gasteiger partial charge in [-0.05, 0) is 41.5 Å². The highest BCUT2D eigenvalue weighted by molar-refractivity contribution is 9.10. The van der Waals surface area contributed by atoms with Crippen molar-refractivity contribution in [1.82, 2.24) is 0 Å². The standard InChI is InChI=1S/C15H14BrFN2O/c16-14-6-3-12(17)8-11(14)9-19-13-4-1-10(2-5-13)7-15(18)20/h1-6,8,19H,7,9H2,(H2,18,20). The molecule has 1 amide bonds. The third-order valence-corrected chi connectivity index (χ3v) is 3.60. The summed E-state index contributed by atoms with van der Waals surface area (Å²) < 4.78 is 14.0. The molecule has 20 heavy (non-hydrogen) atoms. The van der Waals surface area contributed by atoms with Gasteiger partial charge in [0.15, 0.2) is 0 Å². The quantitative estimate of drug-likeness (QED) is 0.880. The Labute approximate surface area is 125 Å². The van der Waals surface area contributed by atoms with Gasteiger partial charge in [0.05, 0.1) is 6.42 Å². The Morgan fingerprint density at radius 3 is 2.55 bits per heavy atom. The van der Waals surface area contributed by atoms with Gasteiger partial charge in [-0.15, -0.1) is 0 Å². The summed E-state index contributed by atoms with van der Waals surface area (Å²) in [6.45, 7) is 0.507. The molecule has 2 aromatic carbocycles. The minimum Gasteiger partial charge on any atom is -0.381 e. The van der Waals surface area contributed by atoms with Crippen LogP contribution in [-0.4, -0.2) is 5.91 Å². The number of amides is 1. The third-order valence-electron chi connectivity index (χ3n) is 2.82. The molecule has 0 saturated heterocycles. The van der Waals surface area contributed by atoms with Crippen molar-refractivity contribution in [2.24, 2.45) is 5.73 Å². The molecule has 2 aromatic rings. The van der Waals surface area contributed by atoms with E-state index in [0.717, 1.165) is 21.3 Å². The zero-order valence-electron chi connectivity index (χ0n) is 10.7. The van der Waals surface area contributed by atoms with Crippen LogP contribution < -0.4 is 11.1 Å². The molecule has 3 nitrogen and oxygen atoms in total. The summed E-state index contributed by atoms with van der Waals surface area (Å²) in [4.78, 5) is 10.8. The average Bonchev–Trinajstić information content (AvgIpc) is 2.41. The van der Waals surface area contributed by atoms with Crippen molar-refractivity contribution >= 4 is 27.5 Å². The number of benzene rings is 2. The molecule has 0 fully saturated rings. The summed E-state index contributed by atoms with van der Waals surface area (Å²) in [7, 11) is 0. The largest absolute Gasteiger partial charge is 0.381 e. The van der Waals surface area contributed by atoms with E-state index in [4.69, 9.17) is 5.73 Å². The summed E-state index contributed by atoms with van der Waals surface area (Å²) in [5.41, 5.74) is 7.74. The van der Waals surface area contributed by atoms with Gasteiger partial charge in [0.25, 0.3) is 0 Å². The summed E-state index contributed by atoms with van der Waals surface area (Å²) >= 11 is 3.38. The molecule has 0 atom stereocenters. The highest BCUT2D eigenvalue weighted by atomic mass is 79.9. The molecule has 0 aromatic heterocycles. The van der Waals surface area contributed by atoms with E-state index in [1.165, 1.54) is 12.1 Å². The van der Waals surface area contributed by atoms with Crippen LogP contribution in [0.1, 0.15) is 11.1 Å². The SMILES string of the molecule is NC(=O)Cc1ccc(NCc2cc(F)ccc2Br)cc1. The van der Waals surface area contributed by atoms with Crippen molar-refractivity contribution in [3.8, 4) is 0 Å². The molecule has 0 aliphatic heterocycles. The van der Waals surface area contributed by atoms with E-state index < -0.39 is 0 Å². The lowest BCUT2D eigenvalue weighted by Gasteiger charge is -2.09. The molecule has 0 unspecified atom stereocenters. The Morgan fingerprint density at radius 2 is 1.90 bits per heavy atom. The predicted molar refractivity (Wildman–Crippen MR) is 80.8 cm³/mol. The number of carbonyl (C=O) groups is 1. The average molecular weight is 337 g/mol. The molecule has 3 N–H and O–H groups in total. The highest BCUT2D eigenvalue weighted by Gasteiger charge is 2.02. The highest BCUT2D eigenvalue weighted by Crippen LogP contribution is 2.19.